The Balaban J connectivity index is 1.70. The molecule has 3 aromatic rings. The van der Waals surface area contributed by atoms with E-state index in [1.807, 2.05) is 32.0 Å². The first-order valence-corrected chi connectivity index (χ1v) is 7.98. The van der Waals surface area contributed by atoms with E-state index in [9.17, 15) is 13.6 Å². The van der Waals surface area contributed by atoms with E-state index >= 15 is 0 Å². The van der Waals surface area contributed by atoms with Crippen molar-refractivity contribution in [3.8, 4) is 0 Å². The molecule has 4 nitrogen and oxygen atoms in total. The number of carbonyl (C=O) groups is 1. The van der Waals surface area contributed by atoms with Crippen molar-refractivity contribution >= 4 is 23.1 Å². The van der Waals surface area contributed by atoms with Crippen LogP contribution in [0.1, 0.15) is 21.5 Å². The third-order valence-corrected chi connectivity index (χ3v) is 3.70. The number of halogens is 2. The summed E-state index contributed by atoms with van der Waals surface area (Å²) in [6.45, 7) is 3.92. The van der Waals surface area contributed by atoms with Crippen molar-refractivity contribution in [2.75, 3.05) is 10.6 Å². The first-order chi connectivity index (χ1) is 12.4. The van der Waals surface area contributed by atoms with E-state index in [2.05, 4.69) is 15.6 Å². The number of anilines is 3. The Morgan fingerprint density at radius 2 is 1.62 bits per heavy atom. The Morgan fingerprint density at radius 3 is 2.23 bits per heavy atom. The molecule has 1 aromatic heterocycles. The average Bonchev–Trinajstić information content (AvgIpc) is 2.58. The molecule has 0 spiro atoms. The molecule has 0 aliphatic heterocycles. The molecule has 1 amide bonds. The molecule has 6 heteroatoms. The number of hydrogen-bond acceptors (Lipinski definition) is 3. The predicted molar refractivity (Wildman–Crippen MR) is 97.7 cm³/mol. The normalized spacial score (nSPS) is 10.5. The minimum Gasteiger partial charge on any atom is -0.340 e. The lowest BCUT2D eigenvalue weighted by Gasteiger charge is -2.09. The van der Waals surface area contributed by atoms with Gasteiger partial charge in [0, 0.05) is 23.6 Å². The van der Waals surface area contributed by atoms with Crippen LogP contribution in [-0.2, 0) is 0 Å². The Kier molecular flexibility index (Phi) is 4.93. The Morgan fingerprint density at radius 1 is 0.885 bits per heavy atom. The van der Waals surface area contributed by atoms with E-state index in [4.69, 9.17) is 0 Å². The Labute approximate surface area is 149 Å². The van der Waals surface area contributed by atoms with Crippen molar-refractivity contribution in [3.05, 3.63) is 83.1 Å². The SMILES string of the molecule is Cc1cc(C)cc(NC(=O)c2ccc(Nc3ccc(F)c(F)c3)nc2)c1. The second-order valence-electron chi connectivity index (χ2n) is 6.02. The van der Waals surface area contributed by atoms with Crippen LogP contribution in [0, 0.1) is 25.5 Å². The number of hydrogen-bond donors (Lipinski definition) is 2. The molecular weight excluding hydrogens is 336 g/mol. The van der Waals surface area contributed by atoms with Crippen molar-refractivity contribution in [2.45, 2.75) is 13.8 Å². The molecular formula is C20H17F2N3O. The quantitative estimate of drug-likeness (QED) is 0.696. The van der Waals surface area contributed by atoms with E-state index in [1.165, 1.54) is 12.3 Å². The molecule has 26 heavy (non-hydrogen) atoms. The molecule has 2 aromatic carbocycles. The van der Waals surface area contributed by atoms with Gasteiger partial charge in [-0.05, 0) is 61.4 Å². The lowest BCUT2D eigenvalue weighted by molar-refractivity contribution is 0.102. The van der Waals surface area contributed by atoms with Crippen LogP contribution in [0.2, 0.25) is 0 Å². The molecule has 0 fully saturated rings. The van der Waals surface area contributed by atoms with Crippen LogP contribution in [0.5, 0.6) is 0 Å². The van der Waals surface area contributed by atoms with Gasteiger partial charge in [-0.25, -0.2) is 13.8 Å². The van der Waals surface area contributed by atoms with Gasteiger partial charge in [0.15, 0.2) is 11.6 Å². The summed E-state index contributed by atoms with van der Waals surface area (Å²) >= 11 is 0. The Bertz CT molecular complexity index is 936. The molecule has 132 valence electrons. The molecule has 0 bridgehead atoms. The average molecular weight is 353 g/mol. The maximum atomic E-state index is 13.2. The minimum atomic E-state index is -0.945. The van der Waals surface area contributed by atoms with Crippen molar-refractivity contribution < 1.29 is 13.6 Å². The third-order valence-electron chi connectivity index (χ3n) is 3.70. The second-order valence-corrected chi connectivity index (χ2v) is 6.02. The molecule has 0 atom stereocenters. The molecule has 1 heterocycles. The number of carbonyl (C=O) groups excluding carboxylic acids is 1. The number of amides is 1. The lowest BCUT2D eigenvalue weighted by atomic mass is 10.1. The van der Waals surface area contributed by atoms with Crippen LogP contribution in [0.3, 0.4) is 0 Å². The van der Waals surface area contributed by atoms with Gasteiger partial charge in [0.05, 0.1) is 5.56 Å². The molecule has 0 saturated carbocycles. The maximum Gasteiger partial charge on any atom is 0.257 e. The highest BCUT2D eigenvalue weighted by atomic mass is 19.2. The van der Waals surface area contributed by atoms with Gasteiger partial charge in [0.25, 0.3) is 5.91 Å². The molecule has 0 radical (unpaired) electrons. The Hall–Kier alpha value is -3.28. The molecule has 0 saturated heterocycles. The number of nitrogens with one attached hydrogen (secondary N) is 2. The number of aromatic nitrogens is 1. The fourth-order valence-corrected chi connectivity index (χ4v) is 2.57. The highest BCUT2D eigenvalue weighted by molar-refractivity contribution is 6.04. The van der Waals surface area contributed by atoms with Crippen molar-refractivity contribution in [1.82, 2.24) is 4.98 Å². The minimum absolute atomic E-state index is 0.276. The van der Waals surface area contributed by atoms with E-state index in [0.29, 0.717) is 17.1 Å². The number of aryl methyl sites for hydroxylation is 2. The van der Waals surface area contributed by atoms with Crippen LogP contribution in [0.25, 0.3) is 0 Å². The smallest absolute Gasteiger partial charge is 0.257 e. The largest absolute Gasteiger partial charge is 0.340 e. The highest BCUT2D eigenvalue weighted by Gasteiger charge is 2.08. The van der Waals surface area contributed by atoms with Gasteiger partial charge in [0.1, 0.15) is 5.82 Å². The van der Waals surface area contributed by atoms with Crippen LogP contribution in [0.4, 0.5) is 26.0 Å². The summed E-state index contributed by atoms with van der Waals surface area (Å²) in [5.74, 6) is -1.72. The van der Waals surface area contributed by atoms with Gasteiger partial charge in [-0.15, -0.1) is 0 Å². The third kappa shape index (κ3) is 4.22. The number of pyridine rings is 1. The van der Waals surface area contributed by atoms with Crippen molar-refractivity contribution in [1.29, 1.82) is 0 Å². The summed E-state index contributed by atoms with van der Waals surface area (Å²) in [6.07, 6.45) is 1.42. The topological polar surface area (TPSA) is 54.0 Å². The predicted octanol–water partition coefficient (Wildman–Crippen LogP) is 4.97. The molecule has 0 unspecified atom stereocenters. The zero-order valence-electron chi connectivity index (χ0n) is 14.3. The lowest BCUT2D eigenvalue weighted by Crippen LogP contribution is -2.12. The van der Waals surface area contributed by atoms with Gasteiger partial charge < -0.3 is 10.6 Å². The van der Waals surface area contributed by atoms with Crippen molar-refractivity contribution in [2.24, 2.45) is 0 Å². The van der Waals surface area contributed by atoms with Crippen LogP contribution < -0.4 is 10.6 Å². The van der Waals surface area contributed by atoms with Gasteiger partial charge in [-0.3, -0.25) is 4.79 Å². The zero-order valence-corrected chi connectivity index (χ0v) is 14.3. The standard InChI is InChI=1S/C20H17F2N3O/c1-12-7-13(2)9-16(8-12)25-20(26)14-3-6-19(23-11-14)24-15-4-5-17(21)18(22)10-15/h3-11H,1-2H3,(H,23,24)(H,25,26). The van der Waals surface area contributed by atoms with Gasteiger partial charge >= 0.3 is 0 Å². The van der Waals surface area contributed by atoms with E-state index < -0.39 is 11.6 Å². The summed E-state index contributed by atoms with van der Waals surface area (Å²) in [4.78, 5) is 16.5. The van der Waals surface area contributed by atoms with Crippen LogP contribution in [0.15, 0.2) is 54.7 Å². The molecule has 3 rings (SSSR count). The maximum absolute atomic E-state index is 13.2. The van der Waals surface area contributed by atoms with Gasteiger partial charge in [0.2, 0.25) is 0 Å². The first kappa shape index (κ1) is 17.5. The number of rotatable bonds is 4. The molecule has 0 aliphatic rings. The van der Waals surface area contributed by atoms with Gasteiger partial charge in [-0.1, -0.05) is 6.07 Å². The monoisotopic (exact) mass is 353 g/mol. The van der Waals surface area contributed by atoms with Gasteiger partial charge in [-0.2, -0.15) is 0 Å². The summed E-state index contributed by atoms with van der Waals surface area (Å²) < 4.78 is 26.2. The fourth-order valence-electron chi connectivity index (χ4n) is 2.57. The van der Waals surface area contributed by atoms with Crippen LogP contribution in [-0.4, -0.2) is 10.9 Å². The fraction of sp³-hybridized carbons (Fsp3) is 0.100. The summed E-state index contributed by atoms with van der Waals surface area (Å²) in [7, 11) is 0. The summed E-state index contributed by atoms with van der Waals surface area (Å²) in [5.41, 5.74) is 3.59. The summed E-state index contributed by atoms with van der Waals surface area (Å²) in [6, 6.07) is 12.5. The zero-order chi connectivity index (χ0) is 18.7. The summed E-state index contributed by atoms with van der Waals surface area (Å²) in [5, 5.41) is 5.69. The number of nitrogens with zero attached hydrogens (tertiary/aromatic N) is 1. The highest BCUT2D eigenvalue weighted by Crippen LogP contribution is 2.19. The molecule has 0 aliphatic carbocycles. The van der Waals surface area contributed by atoms with Crippen molar-refractivity contribution in [3.63, 3.8) is 0 Å². The van der Waals surface area contributed by atoms with E-state index in [1.54, 1.807) is 12.1 Å². The second kappa shape index (κ2) is 7.31. The van der Waals surface area contributed by atoms with E-state index in [0.717, 1.165) is 28.9 Å². The van der Waals surface area contributed by atoms with Crippen LogP contribution >= 0.6 is 0 Å². The first-order valence-electron chi connectivity index (χ1n) is 7.98. The van der Waals surface area contributed by atoms with E-state index in [-0.39, 0.29) is 5.91 Å². The molecule has 2 N–H and O–H groups in total. The number of benzene rings is 2.